The van der Waals surface area contributed by atoms with Gasteiger partial charge < -0.3 is 26.4 Å². The van der Waals surface area contributed by atoms with E-state index in [1.807, 2.05) is 41.5 Å². The Morgan fingerprint density at radius 3 is 2.06 bits per heavy atom. The third-order valence-corrected chi connectivity index (χ3v) is 6.04. The Bertz CT molecular complexity index is 667. The summed E-state index contributed by atoms with van der Waals surface area (Å²) in [7, 11) is 0. The smallest absolute Gasteiger partial charge is 0.326 e. The predicted octanol–water partition coefficient (Wildman–Crippen LogP) is 1.50. The van der Waals surface area contributed by atoms with Crippen molar-refractivity contribution in [1.29, 1.82) is 0 Å². The molecule has 5 unspecified atom stereocenters. The molecule has 184 valence electrons. The summed E-state index contributed by atoms with van der Waals surface area (Å²) in [6.07, 6.45) is 2.61. The van der Waals surface area contributed by atoms with Gasteiger partial charge in [0.15, 0.2) is 0 Å². The molecule has 0 saturated carbocycles. The summed E-state index contributed by atoms with van der Waals surface area (Å²) in [4.78, 5) is 51.9. The van der Waals surface area contributed by atoms with Gasteiger partial charge in [0.05, 0.1) is 6.04 Å². The Kier molecular flexibility index (Phi) is 11.1. The van der Waals surface area contributed by atoms with Crippen LogP contribution in [0.5, 0.6) is 0 Å². The highest BCUT2D eigenvalue weighted by Gasteiger charge is 2.38. The van der Waals surface area contributed by atoms with Crippen molar-refractivity contribution in [3.63, 3.8) is 0 Å². The van der Waals surface area contributed by atoms with Crippen LogP contribution >= 0.6 is 0 Å². The van der Waals surface area contributed by atoms with Crippen LogP contribution in [0.25, 0.3) is 0 Å². The first-order chi connectivity index (χ1) is 14.9. The summed E-state index contributed by atoms with van der Waals surface area (Å²) >= 11 is 0. The number of amides is 3. The van der Waals surface area contributed by atoms with Gasteiger partial charge in [0.1, 0.15) is 18.1 Å². The Morgan fingerprint density at radius 1 is 1.00 bits per heavy atom. The maximum atomic E-state index is 13.1. The van der Waals surface area contributed by atoms with Crippen molar-refractivity contribution in [1.82, 2.24) is 15.5 Å². The molecule has 9 nitrogen and oxygen atoms in total. The van der Waals surface area contributed by atoms with E-state index in [4.69, 9.17) is 5.73 Å². The number of carboxylic acids is 1. The van der Waals surface area contributed by atoms with Crippen LogP contribution in [0, 0.1) is 17.8 Å². The molecule has 3 amide bonds. The molecule has 1 fully saturated rings. The Labute approximate surface area is 191 Å². The largest absolute Gasteiger partial charge is 0.480 e. The number of carbonyl (C=O) groups excluding carboxylic acids is 3. The minimum absolute atomic E-state index is 0.000174. The van der Waals surface area contributed by atoms with Gasteiger partial charge in [-0.25, -0.2) is 4.79 Å². The van der Waals surface area contributed by atoms with Crippen LogP contribution in [0.3, 0.4) is 0 Å². The molecule has 1 rings (SSSR count). The van der Waals surface area contributed by atoms with Crippen LogP contribution in [0.2, 0.25) is 0 Å². The average molecular weight is 455 g/mol. The second kappa shape index (κ2) is 12.8. The lowest BCUT2D eigenvalue weighted by molar-refractivity contribution is -0.143. The zero-order valence-electron chi connectivity index (χ0n) is 20.4. The number of likely N-dealkylation sites (tertiary alicyclic amines) is 1. The van der Waals surface area contributed by atoms with Crippen LogP contribution < -0.4 is 16.4 Å². The van der Waals surface area contributed by atoms with E-state index < -0.39 is 42.0 Å². The maximum absolute atomic E-state index is 13.1. The van der Waals surface area contributed by atoms with E-state index in [-0.39, 0.29) is 23.7 Å². The van der Waals surface area contributed by atoms with Gasteiger partial charge in [-0.15, -0.1) is 0 Å². The van der Waals surface area contributed by atoms with E-state index in [0.29, 0.717) is 32.2 Å². The fraction of sp³-hybridized carbons (Fsp3) is 0.826. The molecule has 5 N–H and O–H groups in total. The van der Waals surface area contributed by atoms with E-state index >= 15 is 0 Å². The van der Waals surface area contributed by atoms with Crippen molar-refractivity contribution in [2.75, 3.05) is 6.54 Å². The zero-order valence-corrected chi connectivity index (χ0v) is 20.4. The molecule has 1 saturated heterocycles. The molecule has 5 atom stereocenters. The topological polar surface area (TPSA) is 142 Å². The molecule has 0 aromatic carbocycles. The lowest BCUT2D eigenvalue weighted by atomic mass is 9.98. The first-order valence-electron chi connectivity index (χ1n) is 11.8. The SMILES string of the molecule is CCC(C)C(N)C(=O)N1CCCC1C(=O)NC(CC(C)C)C(=O)NC(CC(C)C)C(=O)O. The van der Waals surface area contributed by atoms with Gasteiger partial charge in [0, 0.05) is 6.54 Å². The van der Waals surface area contributed by atoms with E-state index in [1.165, 1.54) is 4.90 Å². The first kappa shape index (κ1) is 27.9. The molecule has 0 aromatic heterocycles. The standard InChI is InChI=1S/C23H42N4O5/c1-7-15(6)19(24)22(30)27-10-8-9-18(27)21(29)25-16(11-13(2)3)20(28)26-17(23(31)32)12-14(4)5/h13-19H,7-12,24H2,1-6H3,(H,25,29)(H,26,28)(H,31,32). The minimum atomic E-state index is -1.10. The highest BCUT2D eigenvalue weighted by Crippen LogP contribution is 2.21. The summed E-state index contributed by atoms with van der Waals surface area (Å²) < 4.78 is 0. The third kappa shape index (κ3) is 8.07. The van der Waals surface area contributed by atoms with Crippen molar-refractivity contribution in [2.45, 2.75) is 97.8 Å². The molecule has 32 heavy (non-hydrogen) atoms. The van der Waals surface area contributed by atoms with E-state index in [9.17, 15) is 24.3 Å². The fourth-order valence-electron chi connectivity index (χ4n) is 3.93. The molecule has 9 heteroatoms. The van der Waals surface area contributed by atoms with Crippen LogP contribution in [0.4, 0.5) is 0 Å². The Morgan fingerprint density at radius 2 is 1.56 bits per heavy atom. The summed E-state index contributed by atoms with van der Waals surface area (Å²) in [6, 6.07) is -3.24. The van der Waals surface area contributed by atoms with Crippen molar-refractivity contribution >= 4 is 23.7 Å². The number of hydrogen-bond donors (Lipinski definition) is 4. The van der Waals surface area contributed by atoms with Gasteiger partial charge in [-0.05, 0) is 43.4 Å². The van der Waals surface area contributed by atoms with E-state index in [1.54, 1.807) is 0 Å². The number of nitrogens with one attached hydrogen (secondary N) is 2. The monoisotopic (exact) mass is 454 g/mol. The number of hydrogen-bond acceptors (Lipinski definition) is 5. The lowest BCUT2D eigenvalue weighted by Crippen LogP contribution is -2.57. The Balaban J connectivity index is 2.93. The quantitative estimate of drug-likeness (QED) is 0.352. The number of nitrogens with two attached hydrogens (primary N) is 1. The van der Waals surface area contributed by atoms with Crippen LogP contribution in [-0.4, -0.2) is 64.4 Å². The molecule has 0 spiro atoms. The minimum Gasteiger partial charge on any atom is -0.480 e. The van der Waals surface area contributed by atoms with Gasteiger partial charge in [-0.2, -0.15) is 0 Å². The molecule has 1 aliphatic heterocycles. The van der Waals surface area contributed by atoms with Crippen molar-refractivity contribution < 1.29 is 24.3 Å². The number of rotatable bonds is 12. The van der Waals surface area contributed by atoms with Gasteiger partial charge >= 0.3 is 5.97 Å². The van der Waals surface area contributed by atoms with Crippen molar-refractivity contribution in [2.24, 2.45) is 23.5 Å². The molecule has 0 radical (unpaired) electrons. The predicted molar refractivity (Wildman–Crippen MR) is 123 cm³/mol. The van der Waals surface area contributed by atoms with Crippen LogP contribution in [-0.2, 0) is 19.2 Å². The molecule has 0 aliphatic carbocycles. The Hall–Kier alpha value is -2.16. The van der Waals surface area contributed by atoms with Crippen molar-refractivity contribution in [3.8, 4) is 0 Å². The van der Waals surface area contributed by atoms with Gasteiger partial charge in [-0.3, -0.25) is 14.4 Å². The molecule has 1 aliphatic rings. The third-order valence-electron chi connectivity index (χ3n) is 6.04. The van der Waals surface area contributed by atoms with Crippen molar-refractivity contribution in [3.05, 3.63) is 0 Å². The highest BCUT2D eigenvalue weighted by atomic mass is 16.4. The maximum Gasteiger partial charge on any atom is 0.326 e. The molecule has 0 aromatic rings. The van der Waals surface area contributed by atoms with Crippen LogP contribution in [0.15, 0.2) is 0 Å². The van der Waals surface area contributed by atoms with E-state index in [0.717, 1.165) is 6.42 Å². The van der Waals surface area contributed by atoms with Gasteiger partial charge in [0.25, 0.3) is 0 Å². The summed E-state index contributed by atoms with van der Waals surface area (Å²) in [5.74, 6) is -2.09. The molecular formula is C23H42N4O5. The fourth-order valence-corrected chi connectivity index (χ4v) is 3.93. The normalized spacial score (nSPS) is 20.0. The average Bonchev–Trinajstić information content (AvgIpc) is 3.20. The zero-order chi connectivity index (χ0) is 24.6. The summed E-state index contributed by atoms with van der Waals surface area (Å²) in [6.45, 7) is 11.9. The molecule has 0 bridgehead atoms. The molecule has 1 heterocycles. The lowest BCUT2D eigenvalue weighted by Gasteiger charge is -2.30. The second-order valence-electron chi connectivity index (χ2n) is 9.82. The number of carboxylic acid groups (broad SMARTS) is 1. The van der Waals surface area contributed by atoms with Gasteiger partial charge in [0.2, 0.25) is 17.7 Å². The first-order valence-corrected chi connectivity index (χ1v) is 11.8. The number of carbonyl (C=O) groups is 4. The number of aliphatic carboxylic acids is 1. The summed E-state index contributed by atoms with van der Waals surface area (Å²) in [5, 5.41) is 14.8. The van der Waals surface area contributed by atoms with E-state index in [2.05, 4.69) is 10.6 Å². The van der Waals surface area contributed by atoms with Crippen LogP contribution in [0.1, 0.15) is 73.6 Å². The highest BCUT2D eigenvalue weighted by molar-refractivity contribution is 5.94. The second-order valence-corrected chi connectivity index (χ2v) is 9.82. The number of nitrogens with zero attached hydrogens (tertiary/aromatic N) is 1. The molecular weight excluding hydrogens is 412 g/mol. The van der Waals surface area contributed by atoms with Gasteiger partial charge in [-0.1, -0.05) is 48.0 Å². The summed E-state index contributed by atoms with van der Waals surface area (Å²) in [5.41, 5.74) is 6.11.